The van der Waals surface area contributed by atoms with Crippen molar-refractivity contribution in [2.75, 3.05) is 19.5 Å². The van der Waals surface area contributed by atoms with Crippen molar-refractivity contribution >= 4 is 22.6 Å². The lowest BCUT2D eigenvalue weighted by Crippen LogP contribution is -2.14. The van der Waals surface area contributed by atoms with Gasteiger partial charge in [0.15, 0.2) is 0 Å². The van der Waals surface area contributed by atoms with Gasteiger partial charge in [0.2, 0.25) is 0 Å². The Bertz CT molecular complexity index is 893. The lowest BCUT2D eigenvalue weighted by atomic mass is 10.1. The van der Waals surface area contributed by atoms with Gasteiger partial charge in [-0.15, -0.1) is 0 Å². The summed E-state index contributed by atoms with van der Waals surface area (Å²) in [5.74, 6) is 1.86. The van der Waals surface area contributed by atoms with Crippen LogP contribution in [0, 0.1) is 0 Å². The molecular formula is C19H21N3O3. The molecule has 1 amide bonds. The van der Waals surface area contributed by atoms with E-state index < -0.39 is 0 Å². The van der Waals surface area contributed by atoms with Crippen LogP contribution in [0.2, 0.25) is 0 Å². The Morgan fingerprint density at radius 1 is 1.12 bits per heavy atom. The summed E-state index contributed by atoms with van der Waals surface area (Å²) < 4.78 is 10.6. The Morgan fingerprint density at radius 2 is 1.80 bits per heavy atom. The maximum absolute atomic E-state index is 12.7. The minimum atomic E-state index is -0.294. The second-order valence-corrected chi connectivity index (χ2v) is 6.00. The number of aromatic amines is 1. The zero-order valence-electron chi connectivity index (χ0n) is 14.7. The molecule has 1 aromatic heterocycles. The number of nitrogens with one attached hydrogen (secondary N) is 2. The van der Waals surface area contributed by atoms with Crippen LogP contribution in [0.15, 0.2) is 36.4 Å². The Kier molecular flexibility index (Phi) is 4.61. The van der Waals surface area contributed by atoms with Gasteiger partial charge in [0.25, 0.3) is 5.91 Å². The van der Waals surface area contributed by atoms with Gasteiger partial charge in [-0.05, 0) is 30.3 Å². The molecule has 6 nitrogen and oxygen atoms in total. The Labute approximate surface area is 146 Å². The second kappa shape index (κ2) is 6.84. The van der Waals surface area contributed by atoms with Crippen LogP contribution in [0.4, 0.5) is 5.69 Å². The topological polar surface area (TPSA) is 76.2 Å². The molecule has 0 radical (unpaired) electrons. The van der Waals surface area contributed by atoms with Gasteiger partial charge in [0, 0.05) is 11.6 Å². The van der Waals surface area contributed by atoms with E-state index in [-0.39, 0.29) is 5.91 Å². The van der Waals surface area contributed by atoms with Gasteiger partial charge in [-0.1, -0.05) is 19.9 Å². The molecule has 0 saturated heterocycles. The Hall–Kier alpha value is -3.02. The van der Waals surface area contributed by atoms with Crippen LogP contribution < -0.4 is 14.8 Å². The first kappa shape index (κ1) is 16.8. The molecule has 3 rings (SSSR count). The summed E-state index contributed by atoms with van der Waals surface area (Å²) in [7, 11) is 3.05. The number of hydrogen-bond donors (Lipinski definition) is 2. The van der Waals surface area contributed by atoms with Crippen molar-refractivity contribution in [3.63, 3.8) is 0 Å². The van der Waals surface area contributed by atoms with E-state index in [0.717, 1.165) is 16.9 Å². The quantitative estimate of drug-likeness (QED) is 0.738. The van der Waals surface area contributed by atoms with Crippen molar-refractivity contribution in [3.05, 3.63) is 47.8 Å². The number of H-pyrrole nitrogens is 1. The summed E-state index contributed by atoms with van der Waals surface area (Å²) in [6.07, 6.45) is 0. The number of hydrogen-bond acceptors (Lipinski definition) is 4. The van der Waals surface area contributed by atoms with Crippen molar-refractivity contribution in [1.29, 1.82) is 0 Å². The highest BCUT2D eigenvalue weighted by Crippen LogP contribution is 2.29. The molecule has 6 heteroatoms. The number of methoxy groups -OCH3 is 2. The third kappa shape index (κ3) is 3.28. The number of imidazole rings is 1. The minimum absolute atomic E-state index is 0.294. The smallest absolute Gasteiger partial charge is 0.263 e. The fraction of sp³-hybridized carbons (Fsp3) is 0.263. The minimum Gasteiger partial charge on any atom is -0.496 e. The number of anilines is 1. The molecule has 2 aromatic carbocycles. The first-order valence-electron chi connectivity index (χ1n) is 8.05. The van der Waals surface area contributed by atoms with E-state index in [9.17, 15) is 4.79 Å². The third-order valence-electron chi connectivity index (χ3n) is 3.96. The van der Waals surface area contributed by atoms with E-state index in [1.54, 1.807) is 18.2 Å². The zero-order chi connectivity index (χ0) is 18.0. The van der Waals surface area contributed by atoms with E-state index >= 15 is 0 Å². The number of rotatable bonds is 5. The Balaban J connectivity index is 1.92. The summed E-state index contributed by atoms with van der Waals surface area (Å²) in [6, 6.07) is 10.8. The van der Waals surface area contributed by atoms with E-state index in [2.05, 4.69) is 29.1 Å². The van der Waals surface area contributed by atoms with E-state index in [0.29, 0.717) is 28.7 Å². The number of amides is 1. The maximum atomic E-state index is 12.7. The monoisotopic (exact) mass is 339 g/mol. The van der Waals surface area contributed by atoms with Crippen LogP contribution in [0.5, 0.6) is 11.5 Å². The van der Waals surface area contributed by atoms with Gasteiger partial charge < -0.3 is 19.8 Å². The summed E-state index contributed by atoms with van der Waals surface area (Å²) >= 11 is 0. The number of benzene rings is 2. The number of carbonyl (C=O) groups is 1. The highest BCUT2D eigenvalue weighted by Gasteiger charge is 2.18. The number of nitrogens with zero attached hydrogens (tertiary/aromatic N) is 1. The van der Waals surface area contributed by atoms with Gasteiger partial charge in [0.1, 0.15) is 22.9 Å². The molecule has 25 heavy (non-hydrogen) atoms. The van der Waals surface area contributed by atoms with Crippen LogP contribution >= 0.6 is 0 Å². The second-order valence-electron chi connectivity index (χ2n) is 6.00. The average molecular weight is 339 g/mol. The first-order chi connectivity index (χ1) is 12.0. The maximum Gasteiger partial charge on any atom is 0.263 e. The van der Waals surface area contributed by atoms with E-state index in [1.807, 2.05) is 18.2 Å². The summed E-state index contributed by atoms with van der Waals surface area (Å²) in [6.45, 7) is 4.16. The van der Waals surface area contributed by atoms with Crippen molar-refractivity contribution in [3.8, 4) is 11.5 Å². The molecular weight excluding hydrogens is 318 g/mol. The van der Waals surface area contributed by atoms with Crippen LogP contribution in [-0.4, -0.2) is 30.1 Å². The summed E-state index contributed by atoms with van der Waals surface area (Å²) in [5.41, 5.74) is 2.79. The van der Waals surface area contributed by atoms with E-state index in [1.165, 1.54) is 14.2 Å². The lowest BCUT2D eigenvalue weighted by Gasteiger charge is -2.13. The molecule has 0 aliphatic carbocycles. The molecule has 0 spiro atoms. The molecule has 2 N–H and O–H groups in total. The fourth-order valence-corrected chi connectivity index (χ4v) is 2.65. The molecule has 0 fully saturated rings. The molecule has 0 unspecified atom stereocenters. The van der Waals surface area contributed by atoms with Crippen molar-refractivity contribution in [2.24, 2.45) is 0 Å². The SMILES string of the molecule is COc1cccc(OC)c1C(=O)Nc1ccc2nc(C(C)C)[nH]c2c1. The van der Waals surface area contributed by atoms with Gasteiger partial charge in [0.05, 0.1) is 25.3 Å². The molecule has 130 valence electrons. The van der Waals surface area contributed by atoms with Crippen LogP contribution in [0.25, 0.3) is 11.0 Å². The standard InChI is InChI=1S/C19H21N3O3/c1-11(2)18-21-13-9-8-12(10-14(13)22-18)20-19(23)17-15(24-3)6-5-7-16(17)25-4/h5-11H,1-4H3,(H,20,23)(H,21,22). The highest BCUT2D eigenvalue weighted by atomic mass is 16.5. The molecule has 3 aromatic rings. The van der Waals surface area contributed by atoms with Crippen molar-refractivity contribution in [2.45, 2.75) is 19.8 Å². The van der Waals surface area contributed by atoms with Crippen molar-refractivity contribution in [1.82, 2.24) is 9.97 Å². The van der Waals surface area contributed by atoms with E-state index in [4.69, 9.17) is 9.47 Å². The summed E-state index contributed by atoms with van der Waals surface area (Å²) in [5, 5.41) is 2.89. The van der Waals surface area contributed by atoms with Crippen LogP contribution in [0.3, 0.4) is 0 Å². The molecule has 0 aliphatic rings. The number of ether oxygens (including phenoxy) is 2. The lowest BCUT2D eigenvalue weighted by molar-refractivity contribution is 0.102. The van der Waals surface area contributed by atoms with Gasteiger partial charge >= 0.3 is 0 Å². The van der Waals surface area contributed by atoms with Crippen LogP contribution in [0.1, 0.15) is 35.9 Å². The van der Waals surface area contributed by atoms with Crippen molar-refractivity contribution < 1.29 is 14.3 Å². The van der Waals surface area contributed by atoms with Gasteiger partial charge in [-0.3, -0.25) is 4.79 Å². The molecule has 0 aliphatic heterocycles. The number of carbonyl (C=O) groups excluding carboxylic acids is 1. The summed E-state index contributed by atoms with van der Waals surface area (Å²) in [4.78, 5) is 20.5. The molecule has 1 heterocycles. The molecule has 0 atom stereocenters. The third-order valence-corrected chi connectivity index (χ3v) is 3.96. The average Bonchev–Trinajstić information content (AvgIpc) is 3.04. The molecule has 0 saturated carbocycles. The Morgan fingerprint density at radius 3 is 2.40 bits per heavy atom. The largest absolute Gasteiger partial charge is 0.496 e. The first-order valence-corrected chi connectivity index (χ1v) is 8.05. The molecule has 0 bridgehead atoms. The zero-order valence-corrected chi connectivity index (χ0v) is 14.7. The fourth-order valence-electron chi connectivity index (χ4n) is 2.65. The predicted molar refractivity (Wildman–Crippen MR) is 97.7 cm³/mol. The predicted octanol–water partition coefficient (Wildman–Crippen LogP) is 3.96. The normalized spacial score (nSPS) is 10.9. The number of aromatic nitrogens is 2. The highest BCUT2D eigenvalue weighted by molar-refractivity contribution is 6.08. The van der Waals surface area contributed by atoms with Gasteiger partial charge in [-0.25, -0.2) is 4.98 Å². The van der Waals surface area contributed by atoms with Crippen LogP contribution in [-0.2, 0) is 0 Å². The van der Waals surface area contributed by atoms with Gasteiger partial charge in [-0.2, -0.15) is 0 Å². The number of fused-ring (bicyclic) bond motifs is 1.